The number of thioether (sulfide) groups is 1. The van der Waals surface area contributed by atoms with Crippen molar-refractivity contribution in [3.63, 3.8) is 0 Å². The van der Waals surface area contributed by atoms with Crippen molar-refractivity contribution in [1.29, 1.82) is 0 Å². The Morgan fingerprint density at radius 2 is 1.77 bits per heavy atom. The molecule has 0 unspecified atom stereocenters. The number of benzene rings is 2. The molecule has 2 fully saturated rings. The van der Waals surface area contributed by atoms with Gasteiger partial charge in [-0.05, 0) is 87.4 Å². The van der Waals surface area contributed by atoms with Crippen LogP contribution in [0.4, 0.5) is 5.69 Å². The van der Waals surface area contributed by atoms with Crippen LogP contribution >= 0.6 is 11.8 Å². The van der Waals surface area contributed by atoms with Crippen molar-refractivity contribution < 1.29 is 14.4 Å². The third-order valence-electron chi connectivity index (χ3n) is 7.81. The number of rotatable bonds is 13. The molecular formula is C32H47N7O3S. The first-order chi connectivity index (χ1) is 20.5. The van der Waals surface area contributed by atoms with Crippen molar-refractivity contribution >= 4 is 45.9 Å². The number of anilines is 1. The summed E-state index contributed by atoms with van der Waals surface area (Å²) in [5, 5.41) is 11.4. The third-order valence-corrected chi connectivity index (χ3v) is 9.13. The molecule has 2 aromatic carbocycles. The summed E-state index contributed by atoms with van der Waals surface area (Å²) in [6, 6.07) is 11.6. The smallest absolute Gasteiger partial charge is 0.269 e. The number of likely N-dealkylation sites (tertiary alicyclic amines) is 1. The first-order valence-corrected chi connectivity index (χ1v) is 16.0. The molecule has 2 aliphatic rings. The number of fused-ring (bicyclic) bond motifs is 1. The minimum Gasteiger partial charge on any atom is -0.392 e. The quantitative estimate of drug-likeness (QED) is 0.256. The van der Waals surface area contributed by atoms with Crippen LogP contribution in [0.3, 0.4) is 0 Å². The predicted octanol–water partition coefficient (Wildman–Crippen LogP) is 2.87. The maximum Gasteiger partial charge on any atom is 0.269 e. The van der Waals surface area contributed by atoms with Gasteiger partial charge in [0, 0.05) is 50.5 Å². The molecule has 2 saturated heterocycles. The highest BCUT2D eigenvalue weighted by Crippen LogP contribution is 2.36. The van der Waals surface area contributed by atoms with Gasteiger partial charge in [-0.25, -0.2) is 0 Å². The summed E-state index contributed by atoms with van der Waals surface area (Å²) in [4.78, 5) is 44.8. The Bertz CT molecular complexity index is 1350. The van der Waals surface area contributed by atoms with Crippen LogP contribution in [-0.4, -0.2) is 104 Å². The molecule has 0 aromatic heterocycles. The molecule has 0 spiro atoms. The lowest BCUT2D eigenvalue weighted by atomic mass is 9.93. The lowest BCUT2D eigenvalue weighted by Crippen LogP contribution is -2.42. The van der Waals surface area contributed by atoms with Gasteiger partial charge >= 0.3 is 0 Å². The molecule has 1 atom stereocenters. The lowest BCUT2D eigenvalue weighted by Gasteiger charge is -2.28. The minimum atomic E-state index is -0.409. The van der Waals surface area contributed by atoms with Gasteiger partial charge < -0.3 is 36.4 Å². The molecule has 2 aliphatic heterocycles. The van der Waals surface area contributed by atoms with Crippen LogP contribution in [0.1, 0.15) is 44.0 Å². The second-order valence-corrected chi connectivity index (χ2v) is 13.6. The van der Waals surface area contributed by atoms with Crippen LogP contribution in [0.5, 0.6) is 0 Å². The van der Waals surface area contributed by atoms with Crippen LogP contribution < -0.4 is 21.7 Å². The molecular weight excluding hydrogens is 562 g/mol. The molecule has 0 saturated carbocycles. The average molecular weight is 610 g/mol. The van der Waals surface area contributed by atoms with E-state index in [2.05, 4.69) is 39.6 Å². The molecule has 5 N–H and O–H groups in total. The molecule has 0 aliphatic carbocycles. The molecule has 10 nitrogen and oxygen atoms in total. The van der Waals surface area contributed by atoms with Crippen LogP contribution in [0, 0.1) is 5.41 Å². The molecule has 0 radical (unpaired) electrons. The molecule has 234 valence electrons. The van der Waals surface area contributed by atoms with E-state index in [-0.39, 0.29) is 28.8 Å². The van der Waals surface area contributed by atoms with E-state index < -0.39 is 5.25 Å². The molecule has 4 rings (SSSR count). The Hall–Kier alpha value is -3.28. The van der Waals surface area contributed by atoms with Gasteiger partial charge in [0.15, 0.2) is 0 Å². The van der Waals surface area contributed by atoms with E-state index in [1.54, 1.807) is 4.90 Å². The summed E-state index contributed by atoms with van der Waals surface area (Å²) >= 11 is 1.33. The lowest BCUT2D eigenvalue weighted by molar-refractivity contribution is -0.127. The zero-order chi connectivity index (χ0) is 31.1. The van der Waals surface area contributed by atoms with Crippen molar-refractivity contribution in [2.24, 2.45) is 11.1 Å². The van der Waals surface area contributed by atoms with Gasteiger partial charge in [-0.15, -0.1) is 0 Å². The normalized spacial score (nSPS) is 18.9. The fourth-order valence-electron chi connectivity index (χ4n) is 5.73. The largest absolute Gasteiger partial charge is 0.392 e. The van der Waals surface area contributed by atoms with Crippen LogP contribution in [0.2, 0.25) is 0 Å². The Kier molecular flexibility index (Phi) is 11.0. The number of nitrogens with one attached hydrogen (secondary N) is 3. The van der Waals surface area contributed by atoms with Crippen molar-refractivity contribution in [1.82, 2.24) is 25.3 Å². The van der Waals surface area contributed by atoms with Crippen molar-refractivity contribution in [2.45, 2.75) is 38.9 Å². The fourth-order valence-corrected chi connectivity index (χ4v) is 6.96. The zero-order valence-corrected chi connectivity index (χ0v) is 27.0. The fraction of sp³-hybridized carbons (Fsp3) is 0.531. The monoisotopic (exact) mass is 609 g/mol. The topological polar surface area (TPSA) is 123 Å². The van der Waals surface area contributed by atoms with Gasteiger partial charge in [0.1, 0.15) is 16.0 Å². The Morgan fingerprint density at radius 3 is 2.47 bits per heavy atom. The summed E-state index contributed by atoms with van der Waals surface area (Å²) in [7, 11) is 4.00. The number of amides is 3. The Labute approximate surface area is 259 Å². The molecule has 0 bridgehead atoms. The van der Waals surface area contributed by atoms with E-state index in [0.717, 1.165) is 42.6 Å². The van der Waals surface area contributed by atoms with E-state index in [9.17, 15) is 14.4 Å². The van der Waals surface area contributed by atoms with Crippen molar-refractivity contribution in [3.8, 4) is 0 Å². The van der Waals surface area contributed by atoms with Crippen LogP contribution in [0.15, 0.2) is 47.1 Å². The molecule has 2 heterocycles. The standard InChI is InChI=1S/C32H47N7O3S/c1-6-39-30(42)26(43-31(39)27(33)29(41)36-20-32(2,3)21-37(4)5)19-35-25-12-11-22-17-24(10-9-23(22)18-25)28(40)34-13-16-38-14-7-8-15-38/h9-12,17-18,26,35H,6-8,13-16,19-21,33H2,1-5H3,(H,34,40)(H,36,41)/b31-27+/t26-/m1/s1. The van der Waals surface area contributed by atoms with Crippen molar-refractivity contribution in [3.05, 3.63) is 52.7 Å². The summed E-state index contributed by atoms with van der Waals surface area (Å²) in [5.74, 6) is -0.488. The highest BCUT2D eigenvalue weighted by molar-refractivity contribution is 8.04. The summed E-state index contributed by atoms with van der Waals surface area (Å²) in [6.07, 6.45) is 2.48. The van der Waals surface area contributed by atoms with E-state index in [0.29, 0.717) is 36.8 Å². The summed E-state index contributed by atoms with van der Waals surface area (Å²) in [5.41, 5.74) is 7.76. The van der Waals surface area contributed by atoms with Gasteiger partial charge in [0.2, 0.25) is 5.91 Å². The van der Waals surface area contributed by atoms with Crippen molar-refractivity contribution in [2.75, 3.05) is 71.8 Å². The molecule has 11 heteroatoms. The van der Waals surface area contributed by atoms with Crippen LogP contribution in [0.25, 0.3) is 10.8 Å². The SMILES string of the molecule is CCN1C(=O)[C@@H](CNc2ccc3cc(C(=O)NCCN4CCCC4)ccc3c2)S/C1=C(/N)C(=O)NCC(C)(C)CN(C)C. The highest BCUT2D eigenvalue weighted by atomic mass is 32.2. The number of nitrogens with zero attached hydrogens (tertiary/aromatic N) is 3. The van der Waals surface area contributed by atoms with E-state index >= 15 is 0 Å². The van der Waals surface area contributed by atoms with Gasteiger partial charge in [-0.3, -0.25) is 14.4 Å². The average Bonchev–Trinajstić information content (AvgIpc) is 3.60. The van der Waals surface area contributed by atoms with E-state index in [4.69, 9.17) is 5.73 Å². The number of hydrogen-bond donors (Lipinski definition) is 4. The second kappa shape index (κ2) is 14.5. The number of carbonyl (C=O) groups is 3. The van der Waals surface area contributed by atoms with E-state index in [1.807, 2.05) is 57.4 Å². The highest BCUT2D eigenvalue weighted by Gasteiger charge is 2.38. The maximum absolute atomic E-state index is 13.2. The van der Waals surface area contributed by atoms with Gasteiger partial charge in [0.05, 0.1) is 0 Å². The first kappa shape index (κ1) is 32.6. The Balaban J connectivity index is 1.34. The van der Waals surface area contributed by atoms with Crippen LogP contribution in [-0.2, 0) is 9.59 Å². The van der Waals surface area contributed by atoms with E-state index in [1.165, 1.54) is 24.6 Å². The second-order valence-electron chi connectivity index (χ2n) is 12.5. The van der Waals surface area contributed by atoms with Gasteiger partial charge in [0.25, 0.3) is 11.8 Å². The minimum absolute atomic E-state index is 0.0605. The van der Waals surface area contributed by atoms with Gasteiger partial charge in [-0.1, -0.05) is 37.7 Å². The first-order valence-electron chi connectivity index (χ1n) is 15.2. The predicted molar refractivity (Wildman–Crippen MR) is 176 cm³/mol. The zero-order valence-electron chi connectivity index (χ0n) is 26.2. The molecule has 3 amide bonds. The number of nitrogens with two attached hydrogens (primary N) is 1. The van der Waals surface area contributed by atoms with Gasteiger partial charge in [-0.2, -0.15) is 0 Å². The number of carbonyl (C=O) groups excluding carboxylic acids is 3. The third kappa shape index (κ3) is 8.64. The maximum atomic E-state index is 13.2. The summed E-state index contributed by atoms with van der Waals surface area (Å²) < 4.78 is 0. The number of hydrogen-bond acceptors (Lipinski definition) is 8. The summed E-state index contributed by atoms with van der Waals surface area (Å²) in [6.45, 7) is 11.9. The molecule has 43 heavy (non-hydrogen) atoms. The Morgan fingerprint density at radius 1 is 1.07 bits per heavy atom. The molecule has 2 aromatic rings.